The predicted molar refractivity (Wildman–Crippen MR) is 102 cm³/mol. The van der Waals surface area contributed by atoms with Crippen molar-refractivity contribution in [3.63, 3.8) is 0 Å². The van der Waals surface area contributed by atoms with Crippen molar-refractivity contribution in [1.29, 1.82) is 0 Å². The number of para-hydroxylation sites is 3. The molecule has 2 aliphatic heterocycles. The Morgan fingerprint density at radius 1 is 1.04 bits per heavy atom. The highest BCUT2D eigenvalue weighted by Crippen LogP contribution is 2.42. The van der Waals surface area contributed by atoms with Gasteiger partial charge in [-0.2, -0.15) is 0 Å². The second kappa shape index (κ2) is 7.14. The van der Waals surface area contributed by atoms with E-state index in [2.05, 4.69) is 19.2 Å². The van der Waals surface area contributed by atoms with Crippen LogP contribution in [0.3, 0.4) is 0 Å². The molecule has 0 bridgehead atoms. The lowest BCUT2D eigenvalue weighted by Crippen LogP contribution is -2.49. The van der Waals surface area contributed by atoms with Crippen molar-refractivity contribution in [2.45, 2.75) is 50.9 Å². The van der Waals surface area contributed by atoms with E-state index >= 15 is 0 Å². The van der Waals surface area contributed by atoms with Crippen molar-refractivity contribution in [1.82, 2.24) is 5.32 Å². The Bertz CT molecular complexity index is 831. The summed E-state index contributed by atoms with van der Waals surface area (Å²) in [7, 11) is 0. The van der Waals surface area contributed by atoms with Crippen molar-refractivity contribution in [2.75, 3.05) is 6.61 Å². The van der Waals surface area contributed by atoms with Gasteiger partial charge in [-0.1, -0.05) is 44.2 Å². The fourth-order valence-electron chi connectivity index (χ4n) is 3.84. The third-order valence-corrected chi connectivity index (χ3v) is 5.60. The lowest BCUT2D eigenvalue weighted by Gasteiger charge is -2.42. The fraction of sp³-hybridized carbons (Fsp3) is 0.409. The van der Waals surface area contributed by atoms with Crippen molar-refractivity contribution in [2.24, 2.45) is 0 Å². The topological polar surface area (TPSA) is 56.8 Å². The van der Waals surface area contributed by atoms with E-state index < -0.39 is 6.10 Å². The summed E-state index contributed by atoms with van der Waals surface area (Å²) in [6.07, 6.45) is 1.86. The maximum atomic E-state index is 12.9. The van der Waals surface area contributed by atoms with Gasteiger partial charge in [-0.25, -0.2) is 0 Å². The van der Waals surface area contributed by atoms with Crippen LogP contribution in [0.15, 0.2) is 48.5 Å². The summed E-state index contributed by atoms with van der Waals surface area (Å²) in [4.78, 5) is 12.9. The molecule has 0 saturated heterocycles. The zero-order valence-electron chi connectivity index (χ0n) is 15.7. The number of amides is 1. The monoisotopic (exact) mass is 367 g/mol. The molecule has 0 fully saturated rings. The van der Waals surface area contributed by atoms with Crippen LogP contribution in [0.1, 0.15) is 44.7 Å². The maximum Gasteiger partial charge on any atom is 0.265 e. The summed E-state index contributed by atoms with van der Waals surface area (Å²) >= 11 is 0. The number of rotatable bonds is 4. The summed E-state index contributed by atoms with van der Waals surface area (Å²) in [5.74, 6) is 1.97. The molecule has 5 nitrogen and oxygen atoms in total. The molecule has 2 aromatic rings. The fourth-order valence-corrected chi connectivity index (χ4v) is 3.84. The molecule has 5 heteroatoms. The molecule has 0 aromatic heterocycles. The van der Waals surface area contributed by atoms with Gasteiger partial charge in [-0.05, 0) is 31.0 Å². The molecule has 1 amide bonds. The molecule has 4 rings (SSSR count). The number of ether oxygens (including phenoxy) is 3. The Morgan fingerprint density at radius 2 is 1.70 bits per heavy atom. The van der Waals surface area contributed by atoms with E-state index in [1.54, 1.807) is 0 Å². The average molecular weight is 367 g/mol. The SMILES string of the molecule is CCC1(CC)C[C@H](NC(=O)[C@H]2COc3ccccc3O2)c2ccccc2O1. The Labute approximate surface area is 159 Å². The van der Waals surface area contributed by atoms with Crippen LogP contribution in [0.25, 0.3) is 0 Å². The molecular formula is C22H25NO4. The second-order valence-electron chi connectivity index (χ2n) is 7.16. The zero-order valence-corrected chi connectivity index (χ0v) is 15.7. The molecule has 27 heavy (non-hydrogen) atoms. The molecule has 1 N–H and O–H groups in total. The zero-order chi connectivity index (χ0) is 18.9. The predicted octanol–water partition coefficient (Wildman–Crippen LogP) is 4.03. The third-order valence-electron chi connectivity index (χ3n) is 5.60. The minimum absolute atomic E-state index is 0.108. The van der Waals surface area contributed by atoms with Gasteiger partial charge >= 0.3 is 0 Å². The molecule has 0 saturated carbocycles. The first-order valence-corrected chi connectivity index (χ1v) is 9.61. The van der Waals surface area contributed by atoms with Gasteiger partial charge in [0.2, 0.25) is 6.10 Å². The van der Waals surface area contributed by atoms with Gasteiger partial charge in [0.1, 0.15) is 18.0 Å². The highest BCUT2D eigenvalue weighted by atomic mass is 16.6. The molecule has 0 unspecified atom stereocenters. The van der Waals surface area contributed by atoms with Crippen LogP contribution in [-0.4, -0.2) is 24.2 Å². The van der Waals surface area contributed by atoms with Crippen LogP contribution < -0.4 is 19.5 Å². The van der Waals surface area contributed by atoms with E-state index in [-0.39, 0.29) is 24.2 Å². The van der Waals surface area contributed by atoms with Gasteiger partial charge in [-0.3, -0.25) is 4.79 Å². The number of nitrogens with one attached hydrogen (secondary N) is 1. The van der Waals surface area contributed by atoms with E-state index in [0.29, 0.717) is 11.5 Å². The number of carbonyl (C=O) groups is 1. The third kappa shape index (κ3) is 3.34. The quantitative estimate of drug-likeness (QED) is 0.887. The normalized spacial score (nSPS) is 22.3. The smallest absolute Gasteiger partial charge is 0.265 e. The molecule has 0 aliphatic carbocycles. The number of carbonyl (C=O) groups excluding carboxylic acids is 1. The molecule has 2 aliphatic rings. The first-order chi connectivity index (χ1) is 13.1. The first-order valence-electron chi connectivity index (χ1n) is 9.61. The van der Waals surface area contributed by atoms with Crippen LogP contribution in [0.5, 0.6) is 17.2 Å². The molecular weight excluding hydrogens is 342 g/mol. The Balaban J connectivity index is 1.54. The Morgan fingerprint density at radius 3 is 2.44 bits per heavy atom. The minimum atomic E-state index is -0.660. The second-order valence-corrected chi connectivity index (χ2v) is 7.16. The first kappa shape index (κ1) is 17.7. The summed E-state index contributed by atoms with van der Waals surface area (Å²) in [5, 5.41) is 3.18. The lowest BCUT2D eigenvalue weighted by molar-refractivity contribution is -0.131. The number of fused-ring (bicyclic) bond motifs is 2. The summed E-state index contributed by atoms with van der Waals surface area (Å²) in [6.45, 7) is 4.47. The molecule has 2 aromatic carbocycles. The molecule has 2 atom stereocenters. The van der Waals surface area contributed by atoms with Crippen molar-refractivity contribution in [3.8, 4) is 17.2 Å². The van der Waals surface area contributed by atoms with Crippen LogP contribution in [0.2, 0.25) is 0 Å². The van der Waals surface area contributed by atoms with Crippen LogP contribution in [0, 0.1) is 0 Å². The van der Waals surface area contributed by atoms with Crippen LogP contribution in [-0.2, 0) is 4.79 Å². The maximum absolute atomic E-state index is 12.9. The number of hydrogen-bond acceptors (Lipinski definition) is 4. The summed E-state index contributed by atoms with van der Waals surface area (Å²) < 4.78 is 17.9. The minimum Gasteiger partial charge on any atom is -0.487 e. The van der Waals surface area contributed by atoms with Gasteiger partial charge in [0, 0.05) is 12.0 Å². The van der Waals surface area contributed by atoms with Gasteiger partial charge in [0.25, 0.3) is 5.91 Å². The van der Waals surface area contributed by atoms with E-state index in [1.165, 1.54) is 0 Å². The van der Waals surface area contributed by atoms with E-state index in [0.717, 1.165) is 30.6 Å². The van der Waals surface area contributed by atoms with Crippen LogP contribution >= 0.6 is 0 Å². The molecule has 0 spiro atoms. The average Bonchev–Trinajstić information content (AvgIpc) is 2.73. The van der Waals surface area contributed by atoms with Crippen molar-refractivity contribution < 1.29 is 19.0 Å². The van der Waals surface area contributed by atoms with Gasteiger partial charge in [0.05, 0.1) is 6.04 Å². The summed E-state index contributed by atoms with van der Waals surface area (Å²) in [5.41, 5.74) is 0.753. The Kier molecular flexibility index (Phi) is 4.68. The standard InChI is InChI=1S/C22H25NO4/c1-3-22(4-2)13-16(15-9-5-6-10-17(15)27-22)23-21(24)20-14-25-18-11-7-8-12-19(18)26-20/h5-12,16,20H,3-4,13-14H2,1-2H3,(H,23,24)/t16-,20+/m0/s1. The number of hydrogen-bond donors (Lipinski definition) is 1. The molecule has 142 valence electrons. The largest absolute Gasteiger partial charge is 0.487 e. The van der Waals surface area contributed by atoms with Crippen LogP contribution in [0.4, 0.5) is 0 Å². The highest BCUT2D eigenvalue weighted by molar-refractivity contribution is 5.82. The Hall–Kier alpha value is -2.69. The number of benzene rings is 2. The van der Waals surface area contributed by atoms with Gasteiger partial charge < -0.3 is 19.5 Å². The van der Waals surface area contributed by atoms with Gasteiger partial charge in [0.15, 0.2) is 11.5 Å². The van der Waals surface area contributed by atoms with E-state index in [9.17, 15) is 4.79 Å². The summed E-state index contributed by atoms with van der Waals surface area (Å²) in [6, 6.07) is 15.2. The van der Waals surface area contributed by atoms with Crippen molar-refractivity contribution >= 4 is 5.91 Å². The molecule has 2 heterocycles. The van der Waals surface area contributed by atoms with Gasteiger partial charge in [-0.15, -0.1) is 0 Å². The van der Waals surface area contributed by atoms with Crippen molar-refractivity contribution in [3.05, 3.63) is 54.1 Å². The lowest BCUT2D eigenvalue weighted by atomic mass is 9.83. The van der Waals surface area contributed by atoms with E-state index in [4.69, 9.17) is 14.2 Å². The van der Waals surface area contributed by atoms with E-state index in [1.807, 2.05) is 48.5 Å². The highest BCUT2D eigenvalue weighted by Gasteiger charge is 2.40. The molecule has 0 radical (unpaired) electrons.